The zero-order valence-electron chi connectivity index (χ0n) is 10.7. The molecule has 2 nitrogen and oxygen atoms in total. The molecule has 2 aliphatic rings. The lowest BCUT2D eigenvalue weighted by molar-refractivity contribution is 0.461. The summed E-state index contributed by atoms with van der Waals surface area (Å²) in [6.07, 6.45) is 6.07. The van der Waals surface area contributed by atoms with E-state index < -0.39 is 0 Å². The average Bonchev–Trinajstić information content (AvgIpc) is 2.95. The molecule has 0 spiro atoms. The van der Waals surface area contributed by atoms with Gasteiger partial charge < -0.3 is 10.6 Å². The Morgan fingerprint density at radius 1 is 1.29 bits per heavy atom. The van der Waals surface area contributed by atoms with Crippen LogP contribution in [0.4, 0.5) is 5.69 Å². The lowest BCUT2D eigenvalue weighted by Gasteiger charge is -2.25. The minimum atomic E-state index is -0.0331. The third kappa shape index (κ3) is 1.75. The van der Waals surface area contributed by atoms with Crippen LogP contribution in [0.25, 0.3) is 0 Å². The van der Waals surface area contributed by atoms with E-state index in [1.807, 2.05) is 0 Å². The normalized spacial score (nSPS) is 21.9. The number of likely N-dealkylation sites (N-methyl/N-ethyl adjacent to an activating group) is 1. The molecule has 17 heavy (non-hydrogen) atoms. The second-order valence-electron chi connectivity index (χ2n) is 5.54. The molecule has 0 amide bonds. The van der Waals surface area contributed by atoms with Gasteiger partial charge in [0.05, 0.1) is 0 Å². The zero-order valence-corrected chi connectivity index (χ0v) is 10.7. The first-order valence-electron chi connectivity index (χ1n) is 6.90. The van der Waals surface area contributed by atoms with Crippen molar-refractivity contribution in [1.82, 2.24) is 0 Å². The Balaban J connectivity index is 1.94. The highest BCUT2D eigenvalue weighted by Crippen LogP contribution is 2.39. The number of nitrogens with zero attached hydrogens (tertiary/aromatic N) is 1. The van der Waals surface area contributed by atoms with E-state index in [0.717, 1.165) is 19.4 Å². The van der Waals surface area contributed by atoms with Crippen molar-refractivity contribution in [3.05, 3.63) is 29.3 Å². The van der Waals surface area contributed by atoms with Gasteiger partial charge in [0.2, 0.25) is 0 Å². The number of anilines is 1. The largest absolute Gasteiger partial charge is 0.371 e. The van der Waals surface area contributed by atoms with Crippen molar-refractivity contribution in [3.63, 3.8) is 0 Å². The van der Waals surface area contributed by atoms with E-state index in [-0.39, 0.29) is 5.54 Å². The smallest absolute Gasteiger partial charge is 0.0409 e. The Morgan fingerprint density at radius 3 is 2.76 bits per heavy atom. The lowest BCUT2D eigenvalue weighted by Crippen LogP contribution is -2.33. The van der Waals surface area contributed by atoms with Crippen molar-refractivity contribution in [2.24, 2.45) is 5.73 Å². The van der Waals surface area contributed by atoms with Gasteiger partial charge >= 0.3 is 0 Å². The summed E-state index contributed by atoms with van der Waals surface area (Å²) >= 11 is 0. The summed E-state index contributed by atoms with van der Waals surface area (Å²) in [5.74, 6) is 0. The van der Waals surface area contributed by atoms with Gasteiger partial charge in [0.15, 0.2) is 0 Å². The fourth-order valence-electron chi connectivity index (χ4n) is 3.40. The van der Waals surface area contributed by atoms with Crippen molar-refractivity contribution in [1.29, 1.82) is 0 Å². The zero-order chi connectivity index (χ0) is 11.9. The second-order valence-corrected chi connectivity index (χ2v) is 5.54. The van der Waals surface area contributed by atoms with E-state index in [1.165, 1.54) is 42.6 Å². The third-order valence-electron chi connectivity index (χ3n) is 4.52. The quantitative estimate of drug-likeness (QED) is 0.846. The van der Waals surface area contributed by atoms with Gasteiger partial charge in [-0.25, -0.2) is 0 Å². The second kappa shape index (κ2) is 4.02. The van der Waals surface area contributed by atoms with Crippen molar-refractivity contribution < 1.29 is 0 Å². The highest BCUT2D eigenvalue weighted by molar-refractivity contribution is 5.59. The van der Waals surface area contributed by atoms with Gasteiger partial charge in [0.1, 0.15) is 0 Å². The van der Waals surface area contributed by atoms with Crippen molar-refractivity contribution in [2.45, 2.75) is 44.6 Å². The maximum Gasteiger partial charge on any atom is 0.0409 e. The number of benzene rings is 1. The van der Waals surface area contributed by atoms with Gasteiger partial charge in [-0.3, -0.25) is 0 Å². The lowest BCUT2D eigenvalue weighted by atomic mass is 9.88. The fourth-order valence-corrected chi connectivity index (χ4v) is 3.40. The van der Waals surface area contributed by atoms with Crippen LogP contribution in [0.1, 0.15) is 43.7 Å². The SMILES string of the molecule is CCN1CCc2cc(C3(N)CCCC3)ccc21. The van der Waals surface area contributed by atoms with Crippen molar-refractivity contribution in [3.8, 4) is 0 Å². The molecule has 0 atom stereocenters. The maximum absolute atomic E-state index is 6.53. The molecule has 0 saturated heterocycles. The molecule has 1 heterocycles. The first-order chi connectivity index (χ1) is 8.23. The predicted octanol–water partition coefficient (Wildman–Crippen LogP) is 2.80. The van der Waals surface area contributed by atoms with Gasteiger partial charge in [-0.15, -0.1) is 0 Å². The molecule has 2 heteroatoms. The Labute approximate surface area is 104 Å². The van der Waals surface area contributed by atoms with Crippen molar-refractivity contribution >= 4 is 5.69 Å². The van der Waals surface area contributed by atoms with E-state index in [0.29, 0.717) is 0 Å². The molecule has 0 unspecified atom stereocenters. The van der Waals surface area contributed by atoms with Crippen LogP contribution >= 0.6 is 0 Å². The van der Waals surface area contributed by atoms with E-state index in [2.05, 4.69) is 30.0 Å². The molecule has 1 aliphatic carbocycles. The molecule has 1 aromatic carbocycles. The summed E-state index contributed by atoms with van der Waals surface area (Å²) < 4.78 is 0. The molecule has 1 fully saturated rings. The van der Waals surface area contributed by atoms with Crippen LogP contribution in [-0.4, -0.2) is 13.1 Å². The Bertz CT molecular complexity index is 419. The average molecular weight is 230 g/mol. The number of hydrogen-bond acceptors (Lipinski definition) is 2. The standard InChI is InChI=1S/C15H22N2/c1-2-17-10-7-12-11-13(5-6-14(12)17)15(16)8-3-4-9-15/h5-6,11H,2-4,7-10,16H2,1H3. The molecule has 3 rings (SSSR count). The van der Waals surface area contributed by atoms with Gasteiger partial charge in [0.25, 0.3) is 0 Å². The van der Waals surface area contributed by atoms with Crippen LogP contribution in [0, 0.1) is 0 Å². The molecule has 0 bridgehead atoms. The molecular weight excluding hydrogens is 208 g/mol. The van der Waals surface area contributed by atoms with Gasteiger partial charge in [-0.1, -0.05) is 25.0 Å². The first-order valence-corrected chi connectivity index (χ1v) is 6.90. The highest BCUT2D eigenvalue weighted by Gasteiger charge is 2.32. The van der Waals surface area contributed by atoms with Crippen LogP contribution in [0.2, 0.25) is 0 Å². The van der Waals surface area contributed by atoms with Gasteiger partial charge in [0, 0.05) is 24.3 Å². The predicted molar refractivity (Wildman–Crippen MR) is 72.4 cm³/mol. The minimum Gasteiger partial charge on any atom is -0.371 e. The Hall–Kier alpha value is -1.02. The third-order valence-corrected chi connectivity index (χ3v) is 4.52. The summed E-state index contributed by atoms with van der Waals surface area (Å²) in [7, 11) is 0. The summed E-state index contributed by atoms with van der Waals surface area (Å²) in [5.41, 5.74) is 10.8. The summed E-state index contributed by atoms with van der Waals surface area (Å²) in [6, 6.07) is 6.92. The van der Waals surface area contributed by atoms with Gasteiger partial charge in [-0.05, 0) is 43.4 Å². The summed E-state index contributed by atoms with van der Waals surface area (Å²) in [5, 5.41) is 0. The molecule has 92 valence electrons. The molecule has 1 aliphatic heterocycles. The van der Waals surface area contributed by atoms with Crippen molar-refractivity contribution in [2.75, 3.05) is 18.0 Å². The molecule has 0 radical (unpaired) electrons. The Kier molecular flexibility index (Phi) is 2.62. The Morgan fingerprint density at radius 2 is 2.06 bits per heavy atom. The highest BCUT2D eigenvalue weighted by atomic mass is 15.1. The monoisotopic (exact) mass is 230 g/mol. The number of rotatable bonds is 2. The summed E-state index contributed by atoms with van der Waals surface area (Å²) in [4.78, 5) is 2.46. The molecular formula is C15H22N2. The van der Waals surface area contributed by atoms with Crippen LogP contribution < -0.4 is 10.6 Å². The van der Waals surface area contributed by atoms with E-state index in [4.69, 9.17) is 5.73 Å². The topological polar surface area (TPSA) is 29.3 Å². The van der Waals surface area contributed by atoms with Crippen LogP contribution in [0.15, 0.2) is 18.2 Å². The van der Waals surface area contributed by atoms with E-state index in [9.17, 15) is 0 Å². The number of hydrogen-bond donors (Lipinski definition) is 1. The molecule has 2 N–H and O–H groups in total. The fraction of sp³-hybridized carbons (Fsp3) is 0.600. The summed E-state index contributed by atoms with van der Waals surface area (Å²) in [6.45, 7) is 4.51. The molecule has 0 aromatic heterocycles. The van der Waals surface area contributed by atoms with Crippen LogP contribution in [0.3, 0.4) is 0 Å². The van der Waals surface area contributed by atoms with Crippen LogP contribution in [0.5, 0.6) is 0 Å². The van der Waals surface area contributed by atoms with Gasteiger partial charge in [-0.2, -0.15) is 0 Å². The minimum absolute atomic E-state index is 0.0331. The van der Waals surface area contributed by atoms with E-state index >= 15 is 0 Å². The molecule has 1 saturated carbocycles. The van der Waals surface area contributed by atoms with E-state index in [1.54, 1.807) is 0 Å². The number of nitrogens with two attached hydrogens (primary N) is 1. The molecule has 1 aromatic rings. The maximum atomic E-state index is 6.53. The van der Waals surface area contributed by atoms with Crippen LogP contribution in [-0.2, 0) is 12.0 Å². The first kappa shape index (κ1) is 11.1. The number of fused-ring (bicyclic) bond motifs is 1.